The molecule has 2 bridgehead atoms. The van der Waals surface area contributed by atoms with E-state index in [4.69, 9.17) is 19.4 Å². The van der Waals surface area contributed by atoms with Gasteiger partial charge in [-0.25, -0.2) is 9.97 Å². The van der Waals surface area contributed by atoms with E-state index in [1.807, 2.05) is 45.9 Å². The summed E-state index contributed by atoms with van der Waals surface area (Å²) in [5.41, 5.74) is 1.85. The largest absolute Gasteiger partial charge is 0.497 e. The first-order chi connectivity index (χ1) is 20.5. The number of Topliss-reactive ketones (excluding diaryl/α,β-unsaturated/α-hetero) is 2. The predicted molar refractivity (Wildman–Crippen MR) is 166 cm³/mol. The van der Waals surface area contributed by atoms with Crippen molar-refractivity contribution in [1.82, 2.24) is 14.9 Å². The first kappa shape index (κ1) is 31.4. The fourth-order valence-corrected chi connectivity index (χ4v) is 7.71. The molecule has 1 saturated heterocycles. The van der Waals surface area contributed by atoms with Crippen LogP contribution < -0.4 is 9.47 Å². The molecule has 1 saturated carbocycles. The van der Waals surface area contributed by atoms with Gasteiger partial charge in [-0.05, 0) is 55.6 Å². The molecule has 8 nitrogen and oxygen atoms in total. The second-order valence-corrected chi connectivity index (χ2v) is 14.3. The normalized spacial score (nSPS) is 29.4. The third-order valence-electron chi connectivity index (χ3n) is 10.2. The van der Waals surface area contributed by atoms with Gasteiger partial charge in [0.05, 0.1) is 30.7 Å². The molecule has 0 unspecified atom stereocenters. The van der Waals surface area contributed by atoms with Crippen LogP contribution in [0.15, 0.2) is 18.2 Å². The van der Waals surface area contributed by atoms with E-state index in [-0.39, 0.29) is 36.4 Å². The van der Waals surface area contributed by atoms with Gasteiger partial charge in [-0.3, -0.25) is 14.4 Å². The van der Waals surface area contributed by atoms with Gasteiger partial charge in [0.2, 0.25) is 11.8 Å². The minimum absolute atomic E-state index is 0.0693. The molecule has 3 heterocycles. The van der Waals surface area contributed by atoms with Crippen LogP contribution in [0.5, 0.6) is 11.6 Å². The van der Waals surface area contributed by atoms with Gasteiger partial charge in [-0.2, -0.15) is 0 Å². The average Bonchev–Trinajstić information content (AvgIpc) is 3.53. The first-order valence-electron chi connectivity index (χ1n) is 16.3. The highest BCUT2D eigenvalue weighted by Gasteiger charge is 2.49. The smallest absolute Gasteiger partial charge is 0.236 e. The lowest BCUT2D eigenvalue weighted by atomic mass is 9.75. The van der Waals surface area contributed by atoms with Crippen LogP contribution in [0.2, 0.25) is 0 Å². The number of aryl methyl sites for hydroxylation is 1. The van der Waals surface area contributed by atoms with Crippen LogP contribution in [0, 0.1) is 29.1 Å². The molecule has 0 spiro atoms. The van der Waals surface area contributed by atoms with Crippen LogP contribution >= 0.6 is 0 Å². The molecule has 8 heteroatoms. The molecule has 1 aliphatic carbocycles. The molecule has 234 valence electrons. The van der Waals surface area contributed by atoms with E-state index < -0.39 is 23.5 Å². The maximum Gasteiger partial charge on any atom is 0.236 e. The van der Waals surface area contributed by atoms with Crippen LogP contribution in [0.4, 0.5) is 0 Å². The van der Waals surface area contributed by atoms with Gasteiger partial charge < -0.3 is 14.4 Å². The van der Waals surface area contributed by atoms with Crippen LogP contribution in [0.1, 0.15) is 98.1 Å². The number of nitrogens with zero attached hydrogens (tertiary/aromatic N) is 3. The standard InChI is InChI=1S/C35H49N3O5/c1-21-31-20-38(32(21)22(2)39)34(41)27(35(3,4)5)18-25(40)17-24-13-10-12-23(24)11-8-7-9-14-29-33(43-31)37-30-19-26(42-6)15-16-28(30)36-29/h15-16,19,21,23-24,27,31-32H,7-14,17-18,20H2,1-6H3/t21-,23-,24+,27-,31+,32+/m1/s1. The molecule has 43 heavy (non-hydrogen) atoms. The Hall–Kier alpha value is -3.03. The molecule has 1 amide bonds. The van der Waals surface area contributed by atoms with E-state index in [0.29, 0.717) is 35.4 Å². The summed E-state index contributed by atoms with van der Waals surface area (Å²) >= 11 is 0. The Morgan fingerprint density at radius 2 is 1.72 bits per heavy atom. The van der Waals surface area contributed by atoms with Crippen molar-refractivity contribution in [3.05, 3.63) is 23.9 Å². The Labute approximate surface area is 256 Å². The van der Waals surface area contributed by atoms with E-state index in [0.717, 1.165) is 49.7 Å². The van der Waals surface area contributed by atoms with Gasteiger partial charge >= 0.3 is 0 Å². The van der Waals surface area contributed by atoms with Crippen molar-refractivity contribution < 1.29 is 23.9 Å². The molecule has 1 aromatic heterocycles. The molecule has 3 aliphatic rings. The fourth-order valence-electron chi connectivity index (χ4n) is 7.71. The van der Waals surface area contributed by atoms with Crippen molar-refractivity contribution in [2.45, 2.75) is 111 Å². The van der Waals surface area contributed by atoms with Crippen molar-refractivity contribution in [1.29, 1.82) is 0 Å². The lowest BCUT2D eigenvalue weighted by Gasteiger charge is -2.35. The minimum Gasteiger partial charge on any atom is -0.497 e. The Bertz CT molecular complexity index is 1350. The number of hydrogen-bond acceptors (Lipinski definition) is 7. The van der Waals surface area contributed by atoms with Crippen molar-refractivity contribution in [3.63, 3.8) is 0 Å². The zero-order valence-corrected chi connectivity index (χ0v) is 26.9. The van der Waals surface area contributed by atoms with E-state index in [9.17, 15) is 14.4 Å². The van der Waals surface area contributed by atoms with E-state index in [1.165, 1.54) is 12.8 Å². The number of aromatic nitrogens is 2. The zero-order chi connectivity index (χ0) is 30.9. The number of ether oxygens (including phenoxy) is 2. The van der Waals surface area contributed by atoms with Crippen LogP contribution in [0.25, 0.3) is 11.0 Å². The molecular formula is C35H49N3O5. The predicted octanol–water partition coefficient (Wildman–Crippen LogP) is 6.37. The number of hydrogen-bond donors (Lipinski definition) is 0. The second kappa shape index (κ2) is 12.9. The Kier molecular flexibility index (Phi) is 9.43. The lowest BCUT2D eigenvalue weighted by Crippen LogP contribution is -2.48. The van der Waals surface area contributed by atoms with E-state index in [2.05, 4.69) is 0 Å². The van der Waals surface area contributed by atoms with E-state index >= 15 is 0 Å². The average molecular weight is 592 g/mol. The third kappa shape index (κ3) is 6.88. The van der Waals surface area contributed by atoms with Crippen LogP contribution in [0.3, 0.4) is 0 Å². The maximum atomic E-state index is 14.3. The highest BCUT2D eigenvalue weighted by Crippen LogP contribution is 2.41. The molecule has 2 fully saturated rings. The van der Waals surface area contributed by atoms with Gasteiger partial charge in [-0.15, -0.1) is 0 Å². The van der Waals surface area contributed by atoms with Crippen molar-refractivity contribution in [3.8, 4) is 11.6 Å². The summed E-state index contributed by atoms with van der Waals surface area (Å²) in [6.07, 6.45) is 8.86. The van der Waals surface area contributed by atoms with Gasteiger partial charge in [-0.1, -0.05) is 59.8 Å². The topological polar surface area (TPSA) is 98.7 Å². The highest BCUT2D eigenvalue weighted by atomic mass is 16.5. The van der Waals surface area contributed by atoms with Crippen molar-refractivity contribution in [2.24, 2.45) is 29.1 Å². The van der Waals surface area contributed by atoms with Crippen molar-refractivity contribution >= 4 is 28.5 Å². The third-order valence-corrected chi connectivity index (χ3v) is 10.2. The number of methoxy groups -OCH3 is 1. The molecule has 0 N–H and O–H groups in total. The van der Waals surface area contributed by atoms with Crippen molar-refractivity contribution in [2.75, 3.05) is 13.7 Å². The summed E-state index contributed by atoms with van der Waals surface area (Å²) in [5, 5.41) is 0. The number of rotatable bonds is 2. The SMILES string of the molecule is COc1ccc2nc3c(nc2c1)O[C@H]1CN(C(=O)[C@H](C(C)(C)C)CC(=O)C[C@@H]2CCC[C@H]2CCCCC3)[C@H](C(C)=O)[C@@H]1C. The van der Waals surface area contributed by atoms with Gasteiger partial charge in [0.15, 0.2) is 5.78 Å². The Morgan fingerprint density at radius 1 is 0.977 bits per heavy atom. The number of fused-ring (bicyclic) bond motifs is 5. The zero-order valence-electron chi connectivity index (χ0n) is 26.9. The summed E-state index contributed by atoms with van der Waals surface area (Å²) in [7, 11) is 1.62. The molecule has 2 aromatic rings. The van der Waals surface area contributed by atoms with E-state index in [1.54, 1.807) is 18.9 Å². The summed E-state index contributed by atoms with van der Waals surface area (Å²) in [6.45, 7) is 9.86. The molecule has 0 radical (unpaired) electrons. The second-order valence-electron chi connectivity index (χ2n) is 14.3. The Balaban J connectivity index is 1.52. The van der Waals surface area contributed by atoms with Crippen LogP contribution in [-0.4, -0.2) is 58.1 Å². The number of carbonyl (C=O) groups excluding carboxylic acids is 3. The summed E-state index contributed by atoms with van der Waals surface area (Å²) < 4.78 is 12.0. The van der Waals surface area contributed by atoms with Gasteiger partial charge in [0, 0.05) is 30.7 Å². The maximum absolute atomic E-state index is 14.3. The summed E-state index contributed by atoms with van der Waals surface area (Å²) in [5.74, 6) is 1.38. The number of ketones is 2. The summed E-state index contributed by atoms with van der Waals surface area (Å²) in [4.78, 5) is 52.4. The first-order valence-corrected chi connectivity index (χ1v) is 16.3. The molecule has 6 atom stereocenters. The highest BCUT2D eigenvalue weighted by molar-refractivity contribution is 5.92. The molecule has 5 rings (SSSR count). The lowest BCUT2D eigenvalue weighted by molar-refractivity contribution is -0.146. The fraction of sp³-hybridized carbons (Fsp3) is 0.686. The molecule has 2 aliphatic heterocycles. The molecular weight excluding hydrogens is 542 g/mol. The van der Waals surface area contributed by atoms with Crippen LogP contribution in [-0.2, 0) is 20.8 Å². The Morgan fingerprint density at radius 3 is 2.44 bits per heavy atom. The van der Waals surface area contributed by atoms with Gasteiger partial charge in [0.25, 0.3) is 0 Å². The number of benzene rings is 1. The minimum atomic E-state index is -0.615. The quantitative estimate of drug-likeness (QED) is 0.400. The number of carbonyl (C=O) groups is 3. The monoisotopic (exact) mass is 591 g/mol. The van der Waals surface area contributed by atoms with Gasteiger partial charge in [0.1, 0.15) is 23.3 Å². The molecule has 1 aromatic carbocycles. The number of amides is 1. The summed E-state index contributed by atoms with van der Waals surface area (Å²) in [6, 6.07) is 5.05.